The molecule has 1 unspecified atom stereocenters. The highest BCUT2D eigenvalue weighted by molar-refractivity contribution is 7.99. The first kappa shape index (κ1) is 15.1. The Balaban J connectivity index is 1.71. The largest absolute Gasteiger partial charge is 0.489 e. The minimum absolute atomic E-state index is 0.0341. The van der Waals surface area contributed by atoms with Crippen LogP contribution in [0, 0.1) is 0 Å². The monoisotopic (exact) mass is 323 g/mol. The molecule has 2 aliphatic rings. The van der Waals surface area contributed by atoms with Crippen LogP contribution in [-0.4, -0.2) is 34.8 Å². The van der Waals surface area contributed by atoms with Gasteiger partial charge in [0, 0.05) is 12.8 Å². The van der Waals surface area contributed by atoms with Crippen LogP contribution in [0.1, 0.15) is 31.2 Å². The lowest BCUT2D eigenvalue weighted by Crippen LogP contribution is -2.46. The second kappa shape index (κ2) is 6.55. The van der Waals surface area contributed by atoms with Crippen molar-refractivity contribution in [2.75, 3.05) is 18.1 Å². The van der Waals surface area contributed by atoms with E-state index in [-0.39, 0.29) is 11.7 Å². The fraction of sp³-hybridized carbons (Fsp3) is 0.562. The van der Waals surface area contributed by atoms with Crippen LogP contribution in [0.3, 0.4) is 0 Å². The fourth-order valence-corrected chi connectivity index (χ4v) is 4.53. The fourth-order valence-electron chi connectivity index (χ4n) is 3.13. The maximum absolute atomic E-state index is 6.22. The Hall–Kier alpha value is -0.780. The second-order valence-electron chi connectivity index (χ2n) is 5.74. The van der Waals surface area contributed by atoms with Crippen molar-refractivity contribution in [3.8, 4) is 5.75 Å². The van der Waals surface area contributed by atoms with E-state index in [1.807, 2.05) is 36.0 Å². The molecular weight excluding hydrogens is 302 g/mol. The van der Waals surface area contributed by atoms with Crippen molar-refractivity contribution in [3.63, 3.8) is 0 Å². The third kappa shape index (κ3) is 3.52. The average Bonchev–Trinajstić information content (AvgIpc) is 2.48. The molecule has 0 radical (unpaired) electrons. The Morgan fingerprint density at radius 1 is 1.33 bits per heavy atom. The van der Waals surface area contributed by atoms with Crippen LogP contribution in [0.4, 0.5) is 0 Å². The molecule has 0 aliphatic carbocycles. The van der Waals surface area contributed by atoms with E-state index in [1.165, 1.54) is 11.5 Å². The summed E-state index contributed by atoms with van der Waals surface area (Å²) in [6, 6.07) is 7.77. The van der Waals surface area contributed by atoms with Crippen molar-refractivity contribution >= 4 is 29.0 Å². The first-order chi connectivity index (χ1) is 10.2. The Labute approximate surface area is 135 Å². The highest BCUT2D eigenvalue weighted by Crippen LogP contribution is 2.38. The predicted octanol–water partition coefficient (Wildman–Crippen LogP) is 3.14. The number of nitrogens with two attached hydrogens (primary N) is 1. The number of para-hydroxylation sites is 1. The van der Waals surface area contributed by atoms with Crippen LogP contribution in [0.5, 0.6) is 5.75 Å². The van der Waals surface area contributed by atoms with Gasteiger partial charge in [-0.25, -0.2) is 0 Å². The molecule has 2 heterocycles. The summed E-state index contributed by atoms with van der Waals surface area (Å²) in [6.07, 6.45) is 4.36. The standard InChI is InChI=1S/C16H21NO2S2/c17-15(20)13-3-1-2-4-14(13)19-12-5-8-18-16(11-12)6-9-21-10-7-16/h1-4,12H,5-11H2,(H2,17,20). The summed E-state index contributed by atoms with van der Waals surface area (Å²) in [7, 11) is 0. The highest BCUT2D eigenvalue weighted by Gasteiger charge is 2.39. The third-order valence-corrected chi connectivity index (χ3v) is 5.50. The normalized spacial score (nSPS) is 24.7. The van der Waals surface area contributed by atoms with E-state index in [4.69, 9.17) is 27.4 Å². The molecule has 5 heteroatoms. The molecule has 0 amide bonds. The Kier molecular flexibility index (Phi) is 4.72. The van der Waals surface area contributed by atoms with Crippen molar-refractivity contribution in [1.29, 1.82) is 0 Å². The van der Waals surface area contributed by atoms with Crippen molar-refractivity contribution in [3.05, 3.63) is 29.8 Å². The molecule has 0 bridgehead atoms. The minimum Gasteiger partial charge on any atom is -0.489 e. The molecule has 3 rings (SSSR count). The zero-order valence-electron chi connectivity index (χ0n) is 12.0. The lowest BCUT2D eigenvalue weighted by molar-refractivity contribution is -0.116. The molecule has 3 nitrogen and oxygen atoms in total. The first-order valence-electron chi connectivity index (χ1n) is 7.46. The molecular formula is C16H21NO2S2. The van der Waals surface area contributed by atoms with Crippen LogP contribution in [0.25, 0.3) is 0 Å². The first-order valence-corrected chi connectivity index (χ1v) is 9.02. The van der Waals surface area contributed by atoms with E-state index in [9.17, 15) is 0 Å². The van der Waals surface area contributed by atoms with Crippen LogP contribution in [0.15, 0.2) is 24.3 Å². The van der Waals surface area contributed by atoms with Gasteiger partial charge in [0.1, 0.15) is 16.8 Å². The van der Waals surface area contributed by atoms with E-state index in [0.717, 1.165) is 43.6 Å². The van der Waals surface area contributed by atoms with Gasteiger partial charge in [-0.3, -0.25) is 0 Å². The molecule has 1 spiro atoms. The van der Waals surface area contributed by atoms with Crippen molar-refractivity contribution < 1.29 is 9.47 Å². The van der Waals surface area contributed by atoms with Gasteiger partial charge in [-0.15, -0.1) is 0 Å². The SMILES string of the molecule is NC(=S)c1ccccc1OC1CCOC2(CCSCC2)C1. The van der Waals surface area contributed by atoms with E-state index in [0.29, 0.717) is 4.99 Å². The Morgan fingerprint density at radius 3 is 2.86 bits per heavy atom. The van der Waals surface area contributed by atoms with E-state index >= 15 is 0 Å². The van der Waals surface area contributed by atoms with Crippen LogP contribution in [-0.2, 0) is 4.74 Å². The van der Waals surface area contributed by atoms with Crippen molar-refractivity contribution in [2.45, 2.75) is 37.4 Å². The Morgan fingerprint density at radius 2 is 2.10 bits per heavy atom. The van der Waals surface area contributed by atoms with Gasteiger partial charge < -0.3 is 15.2 Å². The second-order valence-corrected chi connectivity index (χ2v) is 7.40. The summed E-state index contributed by atoms with van der Waals surface area (Å²) >= 11 is 7.13. The van der Waals surface area contributed by atoms with E-state index < -0.39 is 0 Å². The number of thiocarbonyl (C=S) groups is 1. The van der Waals surface area contributed by atoms with Gasteiger partial charge in [0.15, 0.2) is 0 Å². The number of thioether (sulfide) groups is 1. The number of hydrogen-bond acceptors (Lipinski definition) is 4. The number of ether oxygens (including phenoxy) is 2. The quantitative estimate of drug-likeness (QED) is 0.866. The highest BCUT2D eigenvalue weighted by atomic mass is 32.2. The lowest BCUT2D eigenvalue weighted by Gasteiger charge is -2.43. The van der Waals surface area contributed by atoms with Crippen molar-refractivity contribution in [1.82, 2.24) is 0 Å². The number of rotatable bonds is 3. The van der Waals surface area contributed by atoms with Gasteiger partial charge in [-0.2, -0.15) is 11.8 Å². The molecule has 1 aromatic rings. The molecule has 2 saturated heterocycles. The summed E-state index contributed by atoms with van der Waals surface area (Å²) in [5, 5.41) is 0. The van der Waals surface area contributed by atoms with Crippen molar-refractivity contribution in [2.24, 2.45) is 5.73 Å². The molecule has 1 atom stereocenters. The van der Waals surface area contributed by atoms with Crippen LogP contribution >= 0.6 is 24.0 Å². The zero-order valence-corrected chi connectivity index (χ0v) is 13.7. The van der Waals surface area contributed by atoms with Gasteiger partial charge in [0.25, 0.3) is 0 Å². The minimum atomic E-state index is 0.0341. The molecule has 2 N–H and O–H groups in total. The van der Waals surface area contributed by atoms with Crippen LogP contribution in [0.2, 0.25) is 0 Å². The average molecular weight is 323 g/mol. The molecule has 114 valence electrons. The lowest BCUT2D eigenvalue weighted by atomic mass is 9.86. The molecule has 1 aromatic carbocycles. The smallest absolute Gasteiger partial charge is 0.129 e. The summed E-state index contributed by atoms with van der Waals surface area (Å²) in [6.45, 7) is 0.782. The summed E-state index contributed by atoms with van der Waals surface area (Å²) in [5.41, 5.74) is 6.64. The van der Waals surface area contributed by atoms with Gasteiger partial charge >= 0.3 is 0 Å². The summed E-state index contributed by atoms with van der Waals surface area (Å²) in [4.78, 5) is 0.390. The third-order valence-electron chi connectivity index (χ3n) is 4.30. The van der Waals surface area contributed by atoms with E-state index in [2.05, 4.69) is 0 Å². The van der Waals surface area contributed by atoms with Crippen LogP contribution < -0.4 is 10.5 Å². The molecule has 0 aromatic heterocycles. The molecule has 0 saturated carbocycles. The summed E-state index contributed by atoms with van der Waals surface area (Å²) < 4.78 is 12.3. The van der Waals surface area contributed by atoms with Gasteiger partial charge in [-0.05, 0) is 36.5 Å². The number of hydrogen-bond donors (Lipinski definition) is 1. The topological polar surface area (TPSA) is 44.5 Å². The maximum atomic E-state index is 6.22. The zero-order chi connectivity index (χ0) is 14.7. The van der Waals surface area contributed by atoms with Gasteiger partial charge in [0.05, 0.1) is 17.8 Å². The number of benzene rings is 1. The van der Waals surface area contributed by atoms with E-state index in [1.54, 1.807) is 0 Å². The Bertz CT molecular complexity index is 509. The molecule has 21 heavy (non-hydrogen) atoms. The van der Waals surface area contributed by atoms with Gasteiger partial charge in [-0.1, -0.05) is 24.4 Å². The van der Waals surface area contributed by atoms with Gasteiger partial charge in [0.2, 0.25) is 0 Å². The summed E-state index contributed by atoms with van der Waals surface area (Å²) in [5.74, 6) is 3.18. The molecule has 2 aliphatic heterocycles. The molecule has 2 fully saturated rings. The maximum Gasteiger partial charge on any atom is 0.129 e. The predicted molar refractivity (Wildman–Crippen MR) is 91.2 cm³/mol.